The molecule has 6 nitrogen and oxygen atoms in total. The molecule has 0 unspecified atom stereocenters. The molecule has 28 heavy (non-hydrogen) atoms. The highest BCUT2D eigenvalue weighted by Crippen LogP contribution is 2.11. The zero-order valence-electron chi connectivity index (χ0n) is 16.3. The number of hydrogen-bond donors (Lipinski definition) is 1. The molecule has 0 spiro atoms. The van der Waals surface area contributed by atoms with E-state index in [4.69, 9.17) is 15.3 Å². The maximum atomic E-state index is 6.07. The zero-order valence-corrected chi connectivity index (χ0v) is 16.3. The third kappa shape index (κ3) is 5.61. The number of aromatic nitrogens is 2. The lowest BCUT2D eigenvalue weighted by atomic mass is 10.1. The molecule has 0 aliphatic heterocycles. The molecule has 1 heterocycles. The number of aryl methyl sites for hydroxylation is 2. The summed E-state index contributed by atoms with van der Waals surface area (Å²) < 4.78 is 7.59. The fourth-order valence-electron chi connectivity index (χ4n) is 2.84. The van der Waals surface area contributed by atoms with Crippen LogP contribution >= 0.6 is 0 Å². The van der Waals surface area contributed by atoms with Crippen molar-refractivity contribution in [3.05, 3.63) is 83.2 Å². The Morgan fingerprint density at radius 2 is 1.86 bits per heavy atom. The molecular formula is C22H26N4O2. The molecule has 0 radical (unpaired) electrons. The van der Waals surface area contributed by atoms with Gasteiger partial charge in [-0.05, 0) is 43.7 Å². The summed E-state index contributed by atoms with van der Waals surface area (Å²) in [6.07, 6.45) is 0.726. The minimum Gasteiger partial charge on any atom is -0.493 e. The van der Waals surface area contributed by atoms with Crippen molar-refractivity contribution in [1.29, 1.82) is 0 Å². The van der Waals surface area contributed by atoms with Gasteiger partial charge in [0.05, 0.1) is 18.8 Å². The normalized spacial score (nSPS) is 11.4. The number of rotatable bonds is 9. The molecule has 0 saturated carbocycles. The Labute approximate surface area is 165 Å². The Bertz CT molecular complexity index is 919. The second-order valence-electron chi connectivity index (χ2n) is 6.61. The third-order valence-corrected chi connectivity index (χ3v) is 4.21. The zero-order chi connectivity index (χ0) is 19.8. The van der Waals surface area contributed by atoms with Crippen LogP contribution in [0.3, 0.4) is 0 Å². The fourth-order valence-corrected chi connectivity index (χ4v) is 2.84. The first-order valence-electron chi connectivity index (χ1n) is 9.35. The first-order valence-corrected chi connectivity index (χ1v) is 9.35. The lowest BCUT2D eigenvalue weighted by Crippen LogP contribution is -2.15. The Balaban J connectivity index is 1.48. The number of hydrogen-bond acceptors (Lipinski definition) is 4. The van der Waals surface area contributed by atoms with Crippen LogP contribution in [0.5, 0.6) is 5.75 Å². The average Bonchev–Trinajstić information content (AvgIpc) is 3.02. The topological polar surface area (TPSA) is 74.7 Å². The number of para-hydroxylation sites is 1. The van der Waals surface area contributed by atoms with E-state index in [1.54, 1.807) is 0 Å². The summed E-state index contributed by atoms with van der Waals surface area (Å²) in [6.45, 7) is 5.75. The monoisotopic (exact) mass is 378 g/mol. The lowest BCUT2D eigenvalue weighted by Gasteiger charge is -2.08. The molecule has 146 valence electrons. The van der Waals surface area contributed by atoms with Gasteiger partial charge < -0.3 is 15.3 Å². The van der Waals surface area contributed by atoms with E-state index in [9.17, 15) is 0 Å². The van der Waals surface area contributed by atoms with Crippen LogP contribution in [-0.2, 0) is 11.4 Å². The summed E-state index contributed by atoms with van der Waals surface area (Å²) in [6, 6.07) is 19.7. The first-order chi connectivity index (χ1) is 13.6. The van der Waals surface area contributed by atoms with Crippen molar-refractivity contribution in [3.8, 4) is 5.75 Å². The largest absolute Gasteiger partial charge is 0.493 e. The van der Waals surface area contributed by atoms with E-state index in [1.165, 1.54) is 0 Å². The summed E-state index contributed by atoms with van der Waals surface area (Å²) in [4.78, 5) is 5.33. The molecule has 0 aliphatic rings. The molecule has 3 rings (SSSR count). The minimum absolute atomic E-state index is 0.360. The highest BCUT2D eigenvalue weighted by Gasteiger charge is 2.05. The molecule has 0 saturated heterocycles. The number of amidine groups is 1. The second-order valence-corrected chi connectivity index (χ2v) is 6.61. The average molecular weight is 378 g/mol. The van der Waals surface area contributed by atoms with Gasteiger partial charge in [0, 0.05) is 17.7 Å². The van der Waals surface area contributed by atoms with E-state index in [0.29, 0.717) is 25.6 Å². The number of ether oxygens (including phenoxy) is 1. The third-order valence-electron chi connectivity index (χ3n) is 4.21. The number of nitrogens with two attached hydrogens (primary N) is 1. The summed E-state index contributed by atoms with van der Waals surface area (Å²) >= 11 is 0. The Morgan fingerprint density at radius 1 is 1.04 bits per heavy atom. The standard InChI is InChI=1S/C22H26N4O2/c1-17-14-18(2)26(24-17)16-19-8-6-9-20(15-19)22(23)25-28-13-7-12-27-21-10-4-3-5-11-21/h3-6,8-11,14-15H,7,12-13,16H2,1-2H3,(H2,23,25). The predicted octanol–water partition coefficient (Wildman–Crippen LogP) is 3.65. The molecular weight excluding hydrogens is 352 g/mol. The molecule has 0 fully saturated rings. The molecule has 0 bridgehead atoms. The van der Waals surface area contributed by atoms with Gasteiger partial charge in [0.25, 0.3) is 0 Å². The van der Waals surface area contributed by atoms with Crippen molar-refractivity contribution >= 4 is 5.84 Å². The van der Waals surface area contributed by atoms with Gasteiger partial charge in [-0.15, -0.1) is 0 Å². The van der Waals surface area contributed by atoms with Crippen LogP contribution in [0.4, 0.5) is 0 Å². The van der Waals surface area contributed by atoms with E-state index in [-0.39, 0.29) is 0 Å². The maximum Gasteiger partial charge on any atom is 0.170 e. The number of oxime groups is 1. The number of nitrogens with zero attached hydrogens (tertiary/aromatic N) is 3. The van der Waals surface area contributed by atoms with E-state index in [2.05, 4.69) is 29.3 Å². The van der Waals surface area contributed by atoms with Crippen LogP contribution in [0.25, 0.3) is 0 Å². The van der Waals surface area contributed by atoms with Gasteiger partial charge in [0.15, 0.2) is 5.84 Å². The van der Waals surface area contributed by atoms with Crippen molar-refractivity contribution in [3.63, 3.8) is 0 Å². The Hall–Kier alpha value is -3.28. The van der Waals surface area contributed by atoms with Crippen molar-refractivity contribution in [2.75, 3.05) is 13.2 Å². The van der Waals surface area contributed by atoms with E-state index >= 15 is 0 Å². The molecule has 1 aromatic heterocycles. The quantitative estimate of drug-likeness (QED) is 0.267. The molecule has 3 aromatic rings. The fraction of sp³-hybridized carbons (Fsp3) is 0.273. The Kier molecular flexibility index (Phi) is 6.68. The molecule has 0 amide bonds. The predicted molar refractivity (Wildman–Crippen MR) is 110 cm³/mol. The molecule has 6 heteroatoms. The van der Waals surface area contributed by atoms with Crippen LogP contribution in [-0.4, -0.2) is 28.8 Å². The minimum atomic E-state index is 0.360. The van der Waals surface area contributed by atoms with Crippen molar-refractivity contribution < 1.29 is 9.57 Å². The highest BCUT2D eigenvalue weighted by atomic mass is 16.6. The van der Waals surface area contributed by atoms with Crippen molar-refractivity contribution in [2.24, 2.45) is 10.9 Å². The summed E-state index contributed by atoms with van der Waals surface area (Å²) in [5.41, 5.74) is 10.2. The Morgan fingerprint density at radius 3 is 2.61 bits per heavy atom. The van der Waals surface area contributed by atoms with Crippen LogP contribution in [0, 0.1) is 13.8 Å². The number of benzene rings is 2. The molecule has 0 aliphatic carbocycles. The van der Waals surface area contributed by atoms with Gasteiger partial charge in [-0.25, -0.2) is 0 Å². The van der Waals surface area contributed by atoms with Gasteiger partial charge >= 0.3 is 0 Å². The van der Waals surface area contributed by atoms with Gasteiger partial charge in [-0.1, -0.05) is 41.6 Å². The first kappa shape index (κ1) is 19.5. The van der Waals surface area contributed by atoms with Crippen LogP contribution in [0.1, 0.15) is 28.9 Å². The van der Waals surface area contributed by atoms with Gasteiger partial charge in [0.1, 0.15) is 12.4 Å². The maximum absolute atomic E-state index is 6.07. The molecule has 2 N–H and O–H groups in total. The smallest absolute Gasteiger partial charge is 0.170 e. The van der Waals surface area contributed by atoms with Crippen LogP contribution < -0.4 is 10.5 Å². The van der Waals surface area contributed by atoms with Crippen molar-refractivity contribution in [1.82, 2.24) is 9.78 Å². The van der Waals surface area contributed by atoms with Gasteiger partial charge in [0.2, 0.25) is 0 Å². The van der Waals surface area contributed by atoms with E-state index < -0.39 is 0 Å². The summed E-state index contributed by atoms with van der Waals surface area (Å²) in [5, 5.41) is 8.52. The van der Waals surface area contributed by atoms with Gasteiger partial charge in [-0.3, -0.25) is 4.68 Å². The second kappa shape index (κ2) is 9.60. The van der Waals surface area contributed by atoms with Crippen LogP contribution in [0.15, 0.2) is 65.8 Å². The highest BCUT2D eigenvalue weighted by molar-refractivity contribution is 5.97. The van der Waals surface area contributed by atoms with Crippen molar-refractivity contribution in [2.45, 2.75) is 26.8 Å². The molecule has 2 aromatic carbocycles. The SMILES string of the molecule is Cc1cc(C)n(Cc2cccc(/C(N)=N/OCCCOc3ccccc3)c2)n1. The van der Waals surface area contributed by atoms with E-state index in [1.807, 2.05) is 60.1 Å². The summed E-state index contributed by atoms with van der Waals surface area (Å²) in [7, 11) is 0. The van der Waals surface area contributed by atoms with Crippen LogP contribution in [0.2, 0.25) is 0 Å². The van der Waals surface area contributed by atoms with E-state index in [0.717, 1.165) is 34.7 Å². The molecule has 0 atom stereocenters. The van der Waals surface area contributed by atoms with Gasteiger partial charge in [-0.2, -0.15) is 5.10 Å². The lowest BCUT2D eigenvalue weighted by molar-refractivity contribution is 0.127. The summed E-state index contributed by atoms with van der Waals surface area (Å²) in [5.74, 6) is 1.21.